The molecule has 38 heavy (non-hydrogen) atoms. The van der Waals surface area contributed by atoms with Crippen molar-refractivity contribution < 1.29 is 9.50 Å². The standard InChI is InChI=1S/C31H31FN4O2/c1-4-6-10-28-35-30(37)26(31(38)36(28)27(5-2)24-9-7-8-22(17-24)19-33)18-21-11-13-23(14-12-21)25-15-16-34-29(32)20(25)3/h7-9,11-17,27,38H,4-6,10,18H2,1-3H3. The Morgan fingerprint density at radius 3 is 2.58 bits per heavy atom. The fourth-order valence-corrected chi connectivity index (χ4v) is 4.81. The van der Waals surface area contributed by atoms with Crippen molar-refractivity contribution in [2.75, 3.05) is 0 Å². The van der Waals surface area contributed by atoms with Crippen molar-refractivity contribution in [3.05, 3.63) is 111 Å². The molecule has 0 bridgehead atoms. The lowest BCUT2D eigenvalue weighted by Gasteiger charge is -2.25. The molecular formula is C31H31FN4O2. The molecule has 194 valence electrons. The maximum atomic E-state index is 13.9. The molecule has 0 spiro atoms. The molecule has 4 aromatic rings. The summed E-state index contributed by atoms with van der Waals surface area (Å²) in [4.78, 5) is 21.2. The Morgan fingerprint density at radius 2 is 1.89 bits per heavy atom. The average molecular weight is 511 g/mol. The number of rotatable bonds is 9. The van der Waals surface area contributed by atoms with E-state index in [-0.39, 0.29) is 23.9 Å². The molecule has 4 rings (SSSR count). The van der Waals surface area contributed by atoms with Crippen LogP contribution >= 0.6 is 0 Å². The van der Waals surface area contributed by atoms with Crippen LogP contribution in [0.3, 0.4) is 0 Å². The SMILES string of the molecule is CCCCc1nc(=O)c(Cc2ccc(-c3ccnc(F)c3C)cc2)c(O)n1C(CC)c1cccc(C#N)c1. The first-order chi connectivity index (χ1) is 18.4. The van der Waals surface area contributed by atoms with Crippen molar-refractivity contribution in [3.8, 4) is 23.1 Å². The zero-order chi connectivity index (χ0) is 27.2. The normalized spacial score (nSPS) is 11.8. The van der Waals surface area contributed by atoms with Gasteiger partial charge in [-0.1, -0.05) is 56.7 Å². The molecule has 0 radical (unpaired) electrons. The number of halogens is 1. The quantitative estimate of drug-likeness (QED) is 0.268. The molecule has 0 fully saturated rings. The summed E-state index contributed by atoms with van der Waals surface area (Å²) < 4.78 is 15.7. The van der Waals surface area contributed by atoms with Crippen LogP contribution in [0.2, 0.25) is 0 Å². The van der Waals surface area contributed by atoms with Crippen LogP contribution in [0, 0.1) is 24.2 Å². The Morgan fingerprint density at radius 1 is 1.13 bits per heavy atom. The molecule has 0 aliphatic heterocycles. The van der Waals surface area contributed by atoms with E-state index in [1.54, 1.807) is 23.6 Å². The first kappa shape index (κ1) is 26.7. The minimum Gasteiger partial charge on any atom is -0.494 e. The van der Waals surface area contributed by atoms with E-state index < -0.39 is 11.5 Å². The lowest BCUT2D eigenvalue weighted by Crippen LogP contribution is -2.25. The first-order valence-electron chi connectivity index (χ1n) is 12.9. The van der Waals surface area contributed by atoms with E-state index in [2.05, 4.69) is 23.0 Å². The molecule has 2 aromatic heterocycles. The second-order valence-corrected chi connectivity index (χ2v) is 9.42. The Labute approximate surface area is 222 Å². The van der Waals surface area contributed by atoms with E-state index >= 15 is 0 Å². The third kappa shape index (κ3) is 5.50. The Hall–Kier alpha value is -4.31. The van der Waals surface area contributed by atoms with Crippen LogP contribution in [-0.2, 0) is 12.8 Å². The van der Waals surface area contributed by atoms with E-state index in [4.69, 9.17) is 0 Å². The van der Waals surface area contributed by atoms with E-state index in [0.29, 0.717) is 29.8 Å². The number of aromatic nitrogens is 3. The van der Waals surface area contributed by atoms with Gasteiger partial charge in [-0.2, -0.15) is 14.6 Å². The summed E-state index contributed by atoms with van der Waals surface area (Å²) in [5.41, 5.74) is 4.07. The Balaban J connectivity index is 1.75. The number of hydrogen-bond donors (Lipinski definition) is 1. The number of unbranched alkanes of at least 4 members (excludes halogenated alkanes) is 1. The largest absolute Gasteiger partial charge is 0.494 e. The van der Waals surface area contributed by atoms with Crippen LogP contribution < -0.4 is 5.56 Å². The first-order valence-corrected chi connectivity index (χ1v) is 12.9. The maximum Gasteiger partial charge on any atom is 0.280 e. The summed E-state index contributed by atoms with van der Waals surface area (Å²) in [6.45, 7) is 5.76. The van der Waals surface area contributed by atoms with E-state index in [0.717, 1.165) is 35.1 Å². The van der Waals surface area contributed by atoms with Crippen LogP contribution in [0.15, 0.2) is 65.6 Å². The van der Waals surface area contributed by atoms with E-state index in [1.807, 2.05) is 49.4 Å². The van der Waals surface area contributed by atoms with Gasteiger partial charge in [0, 0.05) is 24.6 Å². The van der Waals surface area contributed by atoms with Crippen LogP contribution in [0.25, 0.3) is 11.1 Å². The summed E-state index contributed by atoms with van der Waals surface area (Å²) in [5.74, 6) is -0.0589. The van der Waals surface area contributed by atoms with Gasteiger partial charge < -0.3 is 5.11 Å². The molecule has 0 saturated carbocycles. The van der Waals surface area contributed by atoms with Gasteiger partial charge in [0.25, 0.3) is 5.56 Å². The molecule has 1 unspecified atom stereocenters. The summed E-state index contributed by atoms with van der Waals surface area (Å²) >= 11 is 0. The summed E-state index contributed by atoms with van der Waals surface area (Å²) in [5, 5.41) is 20.9. The number of nitriles is 1. The maximum absolute atomic E-state index is 13.9. The number of aryl methyl sites for hydroxylation is 1. The third-order valence-corrected chi connectivity index (χ3v) is 6.91. The van der Waals surface area contributed by atoms with Gasteiger partial charge in [-0.15, -0.1) is 0 Å². The van der Waals surface area contributed by atoms with Crippen molar-refractivity contribution in [3.63, 3.8) is 0 Å². The highest BCUT2D eigenvalue weighted by molar-refractivity contribution is 5.66. The van der Waals surface area contributed by atoms with Gasteiger partial charge in [-0.3, -0.25) is 9.36 Å². The predicted octanol–water partition coefficient (Wildman–Crippen LogP) is 6.26. The van der Waals surface area contributed by atoms with Gasteiger partial charge in [-0.25, -0.2) is 4.98 Å². The molecule has 6 nitrogen and oxygen atoms in total. The Kier molecular flexibility index (Phi) is 8.32. The molecule has 0 aliphatic carbocycles. The van der Waals surface area contributed by atoms with Crippen molar-refractivity contribution in [1.82, 2.24) is 14.5 Å². The fraction of sp³-hybridized carbons (Fsp3) is 0.290. The molecular weight excluding hydrogens is 479 g/mol. The van der Waals surface area contributed by atoms with Crippen LogP contribution in [0.5, 0.6) is 5.88 Å². The summed E-state index contributed by atoms with van der Waals surface area (Å²) in [7, 11) is 0. The number of hydrogen-bond acceptors (Lipinski definition) is 5. The lowest BCUT2D eigenvalue weighted by atomic mass is 9.98. The van der Waals surface area contributed by atoms with E-state index in [1.165, 1.54) is 6.20 Å². The highest BCUT2D eigenvalue weighted by Gasteiger charge is 2.23. The second kappa shape index (κ2) is 11.8. The highest BCUT2D eigenvalue weighted by atomic mass is 19.1. The number of benzene rings is 2. The van der Waals surface area contributed by atoms with Crippen molar-refractivity contribution in [2.45, 2.75) is 58.9 Å². The summed E-state index contributed by atoms with van der Waals surface area (Å²) in [6, 6.07) is 18.5. The minimum absolute atomic E-state index is 0.0959. The lowest BCUT2D eigenvalue weighted by molar-refractivity contribution is 0.368. The zero-order valence-electron chi connectivity index (χ0n) is 21.9. The van der Waals surface area contributed by atoms with Gasteiger partial charge in [0.1, 0.15) is 5.82 Å². The van der Waals surface area contributed by atoms with Crippen LogP contribution in [-0.4, -0.2) is 19.6 Å². The smallest absolute Gasteiger partial charge is 0.280 e. The molecule has 0 aliphatic rings. The second-order valence-electron chi connectivity index (χ2n) is 9.42. The van der Waals surface area contributed by atoms with Gasteiger partial charge in [0.05, 0.1) is 23.2 Å². The van der Waals surface area contributed by atoms with E-state index in [9.17, 15) is 19.6 Å². The molecule has 2 aromatic carbocycles. The van der Waals surface area contributed by atoms with Crippen molar-refractivity contribution in [2.24, 2.45) is 0 Å². The molecule has 0 saturated heterocycles. The molecule has 0 amide bonds. The van der Waals surface area contributed by atoms with Crippen molar-refractivity contribution >= 4 is 0 Å². The minimum atomic E-state index is -0.503. The third-order valence-electron chi connectivity index (χ3n) is 6.91. The topological polar surface area (TPSA) is 91.8 Å². The van der Waals surface area contributed by atoms with Gasteiger partial charge in [0.15, 0.2) is 0 Å². The number of nitrogens with zero attached hydrogens (tertiary/aromatic N) is 4. The Bertz CT molecular complexity index is 1540. The van der Waals surface area contributed by atoms with Crippen LogP contribution in [0.1, 0.15) is 72.8 Å². The molecule has 2 heterocycles. The van der Waals surface area contributed by atoms with Gasteiger partial charge in [-0.05, 0) is 60.2 Å². The molecule has 1 atom stereocenters. The fourth-order valence-electron chi connectivity index (χ4n) is 4.81. The van der Waals surface area contributed by atoms with Crippen LogP contribution in [0.4, 0.5) is 4.39 Å². The number of pyridine rings is 1. The average Bonchev–Trinajstić information content (AvgIpc) is 2.93. The van der Waals surface area contributed by atoms with Gasteiger partial charge >= 0.3 is 0 Å². The van der Waals surface area contributed by atoms with Crippen molar-refractivity contribution in [1.29, 1.82) is 5.26 Å². The highest BCUT2D eigenvalue weighted by Crippen LogP contribution is 2.31. The van der Waals surface area contributed by atoms with Gasteiger partial charge in [0.2, 0.25) is 11.8 Å². The summed E-state index contributed by atoms with van der Waals surface area (Å²) in [6.07, 6.45) is 4.59. The zero-order valence-corrected chi connectivity index (χ0v) is 21.9. The molecule has 1 N–H and O–H groups in total. The molecule has 7 heteroatoms. The number of aromatic hydroxyl groups is 1. The predicted molar refractivity (Wildman–Crippen MR) is 146 cm³/mol. The monoisotopic (exact) mass is 510 g/mol.